The molecule has 1 saturated carbocycles. The second-order valence-corrected chi connectivity index (χ2v) is 10.9. The number of hydrogen-bond acceptors (Lipinski definition) is 10. The minimum Gasteiger partial charge on any atom is -0.402 e. The fourth-order valence-corrected chi connectivity index (χ4v) is 6.23. The van der Waals surface area contributed by atoms with E-state index in [9.17, 15) is 18.0 Å². The highest BCUT2D eigenvalue weighted by Crippen LogP contribution is 2.49. The van der Waals surface area contributed by atoms with Gasteiger partial charge in [0, 0.05) is 23.6 Å². The fraction of sp³-hybridized carbons (Fsp3) is 0.296. The SMILES string of the molecule is C[C@H]1[C@H]2OCCN(c3sc(C(F)(F)F)nc3-c3nnc(N[C@@H]4N=C(c5ccccc5)c5ccccc5NC4=O)o3)[C@@H]12. The van der Waals surface area contributed by atoms with Crippen LogP contribution in [-0.4, -0.2) is 58.3 Å². The van der Waals surface area contributed by atoms with Gasteiger partial charge in [0.25, 0.3) is 11.8 Å². The number of thiazole rings is 1. The van der Waals surface area contributed by atoms with E-state index in [1.54, 1.807) is 12.1 Å². The number of hydrogen-bond donors (Lipinski definition) is 2. The van der Waals surface area contributed by atoms with Crippen molar-refractivity contribution in [3.05, 3.63) is 70.7 Å². The molecule has 41 heavy (non-hydrogen) atoms. The van der Waals surface area contributed by atoms with Crippen LogP contribution in [0.5, 0.6) is 0 Å². The van der Waals surface area contributed by atoms with Crippen molar-refractivity contribution >= 4 is 39.7 Å². The summed E-state index contributed by atoms with van der Waals surface area (Å²) in [6.07, 6.45) is -5.85. The molecule has 2 aliphatic heterocycles. The maximum Gasteiger partial charge on any atom is 0.443 e. The number of nitrogens with zero attached hydrogens (tertiary/aromatic N) is 5. The van der Waals surface area contributed by atoms with Crippen LogP contribution in [-0.2, 0) is 15.7 Å². The van der Waals surface area contributed by atoms with E-state index in [0.717, 1.165) is 11.1 Å². The number of rotatable bonds is 5. The molecule has 2 N–H and O–H groups in total. The van der Waals surface area contributed by atoms with Gasteiger partial charge in [-0.25, -0.2) is 9.98 Å². The first-order valence-corrected chi connectivity index (χ1v) is 13.7. The Morgan fingerprint density at radius 1 is 1.10 bits per heavy atom. The predicted molar refractivity (Wildman–Crippen MR) is 145 cm³/mol. The van der Waals surface area contributed by atoms with Gasteiger partial charge in [0.15, 0.2) is 5.69 Å². The number of benzene rings is 2. The topological polar surface area (TPSA) is 118 Å². The van der Waals surface area contributed by atoms with Gasteiger partial charge in [-0.2, -0.15) is 13.2 Å². The molecule has 1 aliphatic carbocycles. The molecule has 2 fully saturated rings. The van der Waals surface area contributed by atoms with Crippen molar-refractivity contribution in [1.29, 1.82) is 0 Å². The van der Waals surface area contributed by atoms with Gasteiger partial charge >= 0.3 is 12.2 Å². The molecule has 1 amide bonds. The lowest BCUT2D eigenvalue weighted by Crippen LogP contribution is -2.36. The van der Waals surface area contributed by atoms with Crippen molar-refractivity contribution in [3.63, 3.8) is 0 Å². The number of aromatic nitrogens is 3. The molecule has 14 heteroatoms. The minimum atomic E-state index is -4.64. The molecular weight excluding hydrogens is 559 g/mol. The van der Waals surface area contributed by atoms with Crippen molar-refractivity contribution in [2.45, 2.75) is 31.4 Å². The average Bonchev–Trinajstić information content (AvgIpc) is 3.28. The molecule has 4 heterocycles. The number of halogens is 3. The lowest BCUT2D eigenvalue weighted by atomic mass is 10.0. The van der Waals surface area contributed by atoms with Gasteiger partial charge in [0.2, 0.25) is 11.2 Å². The Balaban J connectivity index is 1.22. The third-order valence-corrected chi connectivity index (χ3v) is 8.39. The molecule has 0 radical (unpaired) electrons. The van der Waals surface area contributed by atoms with E-state index in [2.05, 4.69) is 30.8 Å². The van der Waals surface area contributed by atoms with E-state index in [-0.39, 0.29) is 35.7 Å². The smallest absolute Gasteiger partial charge is 0.402 e. The van der Waals surface area contributed by atoms with Crippen LogP contribution >= 0.6 is 11.3 Å². The van der Waals surface area contributed by atoms with E-state index in [1.165, 1.54) is 0 Å². The summed E-state index contributed by atoms with van der Waals surface area (Å²) in [6, 6.07) is 16.4. The fourth-order valence-electron chi connectivity index (χ4n) is 5.23. The number of nitrogens with one attached hydrogen (secondary N) is 2. The quantitative estimate of drug-likeness (QED) is 0.350. The Bertz CT molecular complexity index is 1650. The van der Waals surface area contributed by atoms with Crippen LogP contribution in [0.4, 0.5) is 29.9 Å². The van der Waals surface area contributed by atoms with E-state index < -0.39 is 23.3 Å². The number of amides is 1. The van der Waals surface area contributed by atoms with Crippen molar-refractivity contribution in [2.24, 2.45) is 10.9 Å². The Morgan fingerprint density at radius 2 is 1.88 bits per heavy atom. The molecule has 0 bridgehead atoms. The van der Waals surface area contributed by atoms with E-state index in [0.29, 0.717) is 40.9 Å². The molecule has 10 nitrogen and oxygen atoms in total. The predicted octanol–water partition coefficient (Wildman–Crippen LogP) is 4.66. The Kier molecular flexibility index (Phi) is 6.05. The molecule has 7 rings (SSSR count). The van der Waals surface area contributed by atoms with Crippen LogP contribution in [0.2, 0.25) is 0 Å². The van der Waals surface area contributed by atoms with Gasteiger partial charge in [-0.3, -0.25) is 4.79 Å². The molecule has 210 valence electrons. The highest BCUT2D eigenvalue weighted by atomic mass is 32.1. The number of carbonyl (C=O) groups is 1. The normalized spacial score (nSPS) is 23.7. The average molecular weight is 582 g/mol. The second kappa shape index (κ2) is 9.66. The number of fused-ring (bicyclic) bond motifs is 2. The molecule has 4 atom stereocenters. The zero-order chi connectivity index (χ0) is 28.3. The summed E-state index contributed by atoms with van der Waals surface area (Å²) in [5, 5.41) is 12.9. The molecule has 3 aliphatic rings. The van der Waals surface area contributed by atoms with Crippen LogP contribution in [0, 0.1) is 5.92 Å². The maximum atomic E-state index is 13.7. The lowest BCUT2D eigenvalue weighted by molar-refractivity contribution is -0.137. The van der Waals surface area contributed by atoms with E-state index in [1.807, 2.05) is 54.3 Å². The summed E-state index contributed by atoms with van der Waals surface area (Å²) in [5.41, 5.74) is 2.61. The summed E-state index contributed by atoms with van der Waals surface area (Å²) in [5.74, 6) is -0.495. The molecular formula is C27H22F3N7O3S. The maximum absolute atomic E-state index is 13.7. The van der Waals surface area contributed by atoms with Crippen LogP contribution in [0.3, 0.4) is 0 Å². The van der Waals surface area contributed by atoms with E-state index >= 15 is 0 Å². The molecule has 0 unspecified atom stereocenters. The van der Waals surface area contributed by atoms with Gasteiger partial charge in [-0.1, -0.05) is 71.9 Å². The number of ether oxygens (including phenoxy) is 1. The van der Waals surface area contributed by atoms with Crippen molar-refractivity contribution in [2.75, 3.05) is 28.7 Å². The highest BCUT2D eigenvalue weighted by molar-refractivity contribution is 7.16. The second-order valence-electron chi connectivity index (χ2n) is 9.89. The highest BCUT2D eigenvalue weighted by Gasteiger charge is 2.55. The van der Waals surface area contributed by atoms with Crippen LogP contribution in [0.25, 0.3) is 11.6 Å². The summed E-state index contributed by atoms with van der Waals surface area (Å²) < 4.78 is 52.6. The molecule has 1 saturated heterocycles. The van der Waals surface area contributed by atoms with Gasteiger partial charge in [-0.15, -0.1) is 5.10 Å². The Labute approximate surface area is 235 Å². The first kappa shape index (κ1) is 25.7. The zero-order valence-electron chi connectivity index (χ0n) is 21.4. The summed E-state index contributed by atoms with van der Waals surface area (Å²) in [7, 11) is 0. The van der Waals surface area contributed by atoms with Crippen LogP contribution < -0.4 is 15.5 Å². The zero-order valence-corrected chi connectivity index (χ0v) is 22.2. The van der Waals surface area contributed by atoms with Crippen LogP contribution in [0.15, 0.2) is 64.0 Å². The van der Waals surface area contributed by atoms with Crippen molar-refractivity contribution in [3.8, 4) is 11.6 Å². The van der Waals surface area contributed by atoms with Gasteiger partial charge in [0.05, 0.1) is 30.2 Å². The lowest BCUT2D eigenvalue weighted by Gasteiger charge is -2.27. The third-order valence-electron chi connectivity index (χ3n) is 7.25. The summed E-state index contributed by atoms with van der Waals surface area (Å²) in [6.45, 7) is 2.80. The monoisotopic (exact) mass is 581 g/mol. The molecule has 2 aromatic heterocycles. The number of benzodiazepines with no additional fused rings is 1. The van der Waals surface area contributed by atoms with Crippen molar-refractivity contribution < 1.29 is 27.1 Å². The molecule has 4 aromatic rings. The number of morpholine rings is 1. The Hall–Kier alpha value is -4.30. The number of carbonyl (C=O) groups excluding carboxylic acids is 1. The van der Waals surface area contributed by atoms with Crippen molar-refractivity contribution in [1.82, 2.24) is 15.2 Å². The number of para-hydroxylation sites is 1. The number of anilines is 3. The minimum absolute atomic E-state index is 0.0394. The van der Waals surface area contributed by atoms with Gasteiger partial charge in [-0.05, 0) is 6.07 Å². The standard InChI is InChI=1S/C27H22F3N7O3S/c1-13-19-20(13)39-12-11-37(19)24-18(33-25(41-24)27(28,29)30)23-35-36-26(40-23)34-21-22(38)31-16-10-6-5-9-15(16)17(32-21)14-7-3-2-4-8-14/h2-10,13,19-21H,11-12H2,1H3,(H,31,38)(H,34,36)/t13-,19+,20-,21+/m1/s1. The van der Waals surface area contributed by atoms with Gasteiger partial charge < -0.3 is 24.7 Å². The van der Waals surface area contributed by atoms with Gasteiger partial charge in [0.1, 0.15) is 5.00 Å². The third kappa shape index (κ3) is 4.62. The molecule has 2 aromatic carbocycles. The molecule has 0 spiro atoms. The number of alkyl halides is 3. The van der Waals surface area contributed by atoms with Crippen LogP contribution in [0.1, 0.15) is 23.1 Å². The first-order valence-electron chi connectivity index (χ1n) is 12.9. The largest absolute Gasteiger partial charge is 0.443 e. The van der Waals surface area contributed by atoms with E-state index in [4.69, 9.17) is 9.15 Å². The Morgan fingerprint density at radius 3 is 2.68 bits per heavy atom. The number of aliphatic imine (C=N–C) groups is 1. The summed E-state index contributed by atoms with van der Waals surface area (Å²) in [4.78, 5) is 23.6. The summed E-state index contributed by atoms with van der Waals surface area (Å²) >= 11 is 0.539. The first-order chi connectivity index (χ1) is 19.8.